The van der Waals surface area contributed by atoms with Crippen molar-refractivity contribution in [2.45, 2.75) is 20.0 Å². The van der Waals surface area contributed by atoms with E-state index in [1.807, 2.05) is 13.8 Å². The summed E-state index contributed by atoms with van der Waals surface area (Å²) in [6.45, 7) is 4.44. The fraction of sp³-hybridized carbons (Fsp3) is 0.462. The summed E-state index contributed by atoms with van der Waals surface area (Å²) in [7, 11) is 0. The molecule has 0 amide bonds. The van der Waals surface area contributed by atoms with E-state index in [9.17, 15) is 13.2 Å². The third-order valence-electron chi connectivity index (χ3n) is 2.50. The largest absolute Gasteiger partial charge is 0.493 e. The first-order valence-corrected chi connectivity index (χ1v) is 5.96. The molecule has 0 aromatic heterocycles. The average Bonchev–Trinajstić information content (AvgIpc) is 2.34. The first kappa shape index (κ1) is 16.1. The van der Waals surface area contributed by atoms with E-state index in [-0.39, 0.29) is 18.0 Å². The molecule has 0 bridgehead atoms. The molecule has 0 fully saturated rings. The zero-order chi connectivity index (χ0) is 15.4. The number of benzene rings is 1. The lowest BCUT2D eigenvalue weighted by Crippen LogP contribution is -2.29. The Morgan fingerprint density at radius 1 is 1.15 bits per heavy atom. The fourth-order valence-corrected chi connectivity index (χ4v) is 1.37. The van der Waals surface area contributed by atoms with Crippen LogP contribution in [0.25, 0.3) is 0 Å². The standard InChI is InChI=1S/C13H18F3N3O/c1-12(2,7-19-11(17)18)8-20-10-5-3-9(4-6-10)13(14,15)16/h3-6H,7-8H2,1-2H3,(H4,17,18,19). The van der Waals surface area contributed by atoms with Crippen molar-refractivity contribution in [2.75, 3.05) is 13.2 Å². The SMILES string of the molecule is CC(C)(CN=C(N)N)COc1ccc(C(F)(F)F)cc1. The van der Waals surface area contributed by atoms with Crippen LogP contribution >= 0.6 is 0 Å². The fourth-order valence-electron chi connectivity index (χ4n) is 1.37. The molecule has 4 nitrogen and oxygen atoms in total. The van der Waals surface area contributed by atoms with Crippen molar-refractivity contribution in [3.05, 3.63) is 29.8 Å². The van der Waals surface area contributed by atoms with Crippen molar-refractivity contribution in [1.29, 1.82) is 0 Å². The van der Waals surface area contributed by atoms with Gasteiger partial charge in [0.15, 0.2) is 5.96 Å². The van der Waals surface area contributed by atoms with Crippen LogP contribution in [0.1, 0.15) is 19.4 Å². The predicted molar refractivity (Wildman–Crippen MR) is 71.4 cm³/mol. The maximum absolute atomic E-state index is 12.4. The molecular weight excluding hydrogens is 271 g/mol. The van der Waals surface area contributed by atoms with Gasteiger partial charge in [-0.3, -0.25) is 4.99 Å². The van der Waals surface area contributed by atoms with Crippen LogP contribution in [0.15, 0.2) is 29.3 Å². The molecule has 0 aliphatic rings. The lowest BCUT2D eigenvalue weighted by Gasteiger charge is -2.22. The van der Waals surface area contributed by atoms with Gasteiger partial charge < -0.3 is 16.2 Å². The van der Waals surface area contributed by atoms with E-state index in [1.54, 1.807) is 0 Å². The molecule has 0 spiro atoms. The Bertz CT molecular complexity index is 463. The minimum atomic E-state index is -4.34. The molecule has 4 N–H and O–H groups in total. The van der Waals surface area contributed by atoms with Crippen molar-refractivity contribution in [3.8, 4) is 5.75 Å². The molecule has 112 valence electrons. The monoisotopic (exact) mass is 289 g/mol. The highest BCUT2D eigenvalue weighted by Gasteiger charge is 2.30. The molecule has 20 heavy (non-hydrogen) atoms. The maximum Gasteiger partial charge on any atom is 0.416 e. The lowest BCUT2D eigenvalue weighted by molar-refractivity contribution is -0.137. The van der Waals surface area contributed by atoms with Crippen molar-refractivity contribution in [1.82, 2.24) is 0 Å². The molecule has 7 heteroatoms. The number of nitrogens with zero attached hydrogens (tertiary/aromatic N) is 1. The Morgan fingerprint density at radius 2 is 1.70 bits per heavy atom. The van der Waals surface area contributed by atoms with Gasteiger partial charge in [-0.2, -0.15) is 13.2 Å². The summed E-state index contributed by atoms with van der Waals surface area (Å²) in [5.74, 6) is 0.364. The smallest absolute Gasteiger partial charge is 0.416 e. The number of guanidine groups is 1. The molecule has 1 aromatic carbocycles. The molecule has 0 atom stereocenters. The van der Waals surface area contributed by atoms with Gasteiger partial charge in [-0.25, -0.2) is 0 Å². The molecule has 0 heterocycles. The molecule has 0 saturated heterocycles. The third kappa shape index (κ3) is 5.38. The highest BCUT2D eigenvalue weighted by Crippen LogP contribution is 2.30. The molecule has 0 saturated carbocycles. The highest BCUT2D eigenvalue weighted by atomic mass is 19.4. The zero-order valence-electron chi connectivity index (χ0n) is 11.4. The van der Waals surface area contributed by atoms with E-state index < -0.39 is 11.7 Å². The number of nitrogens with two attached hydrogens (primary N) is 2. The van der Waals surface area contributed by atoms with Gasteiger partial charge in [0.05, 0.1) is 18.7 Å². The molecule has 0 aliphatic carbocycles. The number of ether oxygens (including phenoxy) is 1. The normalized spacial score (nSPS) is 12.1. The first-order valence-electron chi connectivity index (χ1n) is 5.96. The van der Waals surface area contributed by atoms with Crippen molar-refractivity contribution in [3.63, 3.8) is 0 Å². The predicted octanol–water partition coefficient (Wildman–Crippen LogP) is 2.38. The summed E-state index contributed by atoms with van der Waals surface area (Å²) >= 11 is 0. The highest BCUT2D eigenvalue weighted by molar-refractivity contribution is 5.75. The van der Waals surface area contributed by atoms with Crippen LogP contribution in [0.5, 0.6) is 5.75 Å². The van der Waals surface area contributed by atoms with Gasteiger partial charge in [0, 0.05) is 5.41 Å². The molecule has 0 radical (unpaired) electrons. The van der Waals surface area contributed by atoms with Crippen LogP contribution in [-0.2, 0) is 6.18 Å². The first-order chi connectivity index (χ1) is 9.10. The second-order valence-electron chi connectivity index (χ2n) is 5.22. The minimum absolute atomic E-state index is 0.00685. The van der Waals surface area contributed by atoms with E-state index in [4.69, 9.17) is 16.2 Å². The summed E-state index contributed by atoms with van der Waals surface area (Å²) in [5.41, 5.74) is 9.46. The zero-order valence-corrected chi connectivity index (χ0v) is 11.4. The van der Waals surface area contributed by atoms with Crippen LogP contribution in [-0.4, -0.2) is 19.1 Å². The van der Waals surface area contributed by atoms with Gasteiger partial charge in [-0.15, -0.1) is 0 Å². The van der Waals surface area contributed by atoms with Crippen molar-refractivity contribution < 1.29 is 17.9 Å². The second kappa shape index (κ2) is 6.02. The number of halogens is 3. The number of aliphatic imine (C=N–C) groups is 1. The Kier molecular flexibility index (Phi) is 4.86. The summed E-state index contributed by atoms with van der Waals surface area (Å²) < 4.78 is 42.6. The maximum atomic E-state index is 12.4. The Balaban J connectivity index is 2.60. The third-order valence-corrected chi connectivity index (χ3v) is 2.50. The molecule has 1 aromatic rings. The minimum Gasteiger partial charge on any atom is -0.493 e. The van der Waals surface area contributed by atoms with Crippen LogP contribution in [0.3, 0.4) is 0 Å². The van der Waals surface area contributed by atoms with Gasteiger partial charge >= 0.3 is 6.18 Å². The van der Waals surface area contributed by atoms with Crippen LogP contribution in [0.4, 0.5) is 13.2 Å². The number of rotatable bonds is 5. The Hall–Kier alpha value is -1.92. The van der Waals surface area contributed by atoms with E-state index in [0.29, 0.717) is 12.3 Å². The number of hydrogen-bond acceptors (Lipinski definition) is 2. The van der Waals surface area contributed by atoms with Gasteiger partial charge in [0.25, 0.3) is 0 Å². The summed E-state index contributed by atoms with van der Waals surface area (Å²) in [6, 6.07) is 4.55. The van der Waals surface area contributed by atoms with E-state index >= 15 is 0 Å². The van der Waals surface area contributed by atoms with E-state index in [2.05, 4.69) is 4.99 Å². The van der Waals surface area contributed by atoms with Gasteiger partial charge in [-0.1, -0.05) is 13.8 Å². The quantitative estimate of drug-likeness (QED) is 0.645. The van der Waals surface area contributed by atoms with Crippen LogP contribution in [0, 0.1) is 5.41 Å². The Morgan fingerprint density at radius 3 is 2.15 bits per heavy atom. The molecule has 0 unspecified atom stereocenters. The number of alkyl halides is 3. The van der Waals surface area contributed by atoms with Gasteiger partial charge in [-0.05, 0) is 24.3 Å². The summed E-state index contributed by atoms with van der Waals surface area (Å²) in [5, 5.41) is 0. The topological polar surface area (TPSA) is 73.6 Å². The molecular formula is C13H18F3N3O. The number of hydrogen-bond donors (Lipinski definition) is 2. The van der Waals surface area contributed by atoms with E-state index in [0.717, 1.165) is 12.1 Å². The van der Waals surface area contributed by atoms with Gasteiger partial charge in [0.2, 0.25) is 0 Å². The van der Waals surface area contributed by atoms with Crippen molar-refractivity contribution in [2.24, 2.45) is 21.9 Å². The second-order valence-corrected chi connectivity index (χ2v) is 5.22. The molecule has 0 aliphatic heterocycles. The van der Waals surface area contributed by atoms with Crippen LogP contribution in [0.2, 0.25) is 0 Å². The Labute approximate surface area is 115 Å². The van der Waals surface area contributed by atoms with Crippen molar-refractivity contribution >= 4 is 5.96 Å². The molecule has 1 rings (SSSR count). The van der Waals surface area contributed by atoms with E-state index in [1.165, 1.54) is 12.1 Å². The lowest BCUT2D eigenvalue weighted by atomic mass is 9.95. The summed E-state index contributed by atoms with van der Waals surface area (Å²) in [4.78, 5) is 3.90. The van der Waals surface area contributed by atoms with Gasteiger partial charge in [0.1, 0.15) is 5.75 Å². The summed E-state index contributed by atoms with van der Waals surface area (Å²) in [6.07, 6.45) is -4.34. The average molecular weight is 289 g/mol. The van der Waals surface area contributed by atoms with Crippen LogP contribution < -0.4 is 16.2 Å².